The molecule has 0 aromatic heterocycles. The zero-order valence-electron chi connectivity index (χ0n) is 10.9. The van der Waals surface area contributed by atoms with E-state index in [2.05, 4.69) is 0 Å². The van der Waals surface area contributed by atoms with Gasteiger partial charge in [-0.3, -0.25) is 9.59 Å². The second-order valence-corrected chi connectivity index (χ2v) is 4.90. The van der Waals surface area contributed by atoms with Crippen molar-refractivity contribution in [3.8, 4) is 0 Å². The van der Waals surface area contributed by atoms with Crippen molar-refractivity contribution in [2.75, 3.05) is 19.8 Å². The molecule has 1 unspecified atom stereocenters. The van der Waals surface area contributed by atoms with Crippen LogP contribution < -0.4 is 0 Å². The Balaban J connectivity index is 1.83. The van der Waals surface area contributed by atoms with Gasteiger partial charge in [-0.25, -0.2) is 0 Å². The molecule has 5 heteroatoms. The first-order valence-corrected chi connectivity index (χ1v) is 6.77. The molecule has 1 saturated carbocycles. The Hall–Kier alpha value is -1.10. The van der Waals surface area contributed by atoms with Crippen LogP contribution in [0, 0.1) is 0 Å². The van der Waals surface area contributed by atoms with Gasteiger partial charge in [0, 0.05) is 12.6 Å². The van der Waals surface area contributed by atoms with Crippen molar-refractivity contribution in [2.24, 2.45) is 0 Å². The molecule has 2 aliphatic rings. The first-order valence-electron chi connectivity index (χ1n) is 6.77. The van der Waals surface area contributed by atoms with E-state index in [0.717, 1.165) is 32.3 Å². The molecule has 1 atom stereocenters. The quantitative estimate of drug-likeness (QED) is 0.667. The molecule has 0 aromatic carbocycles. The van der Waals surface area contributed by atoms with Crippen LogP contribution in [0.4, 0.5) is 0 Å². The van der Waals surface area contributed by atoms with Gasteiger partial charge >= 0.3 is 5.97 Å². The summed E-state index contributed by atoms with van der Waals surface area (Å²) in [5.74, 6) is -0.289. The smallest absolute Gasteiger partial charge is 0.325 e. The highest BCUT2D eigenvalue weighted by molar-refractivity contribution is 5.83. The maximum Gasteiger partial charge on any atom is 0.325 e. The van der Waals surface area contributed by atoms with Crippen molar-refractivity contribution in [3.63, 3.8) is 0 Å². The lowest BCUT2D eigenvalue weighted by atomic mass is 10.1. The Labute approximate surface area is 107 Å². The van der Waals surface area contributed by atoms with Crippen molar-refractivity contribution in [1.82, 2.24) is 4.90 Å². The molecule has 1 heterocycles. The average molecular weight is 255 g/mol. The SMILES string of the molecule is CCOC(=O)CN(C(=O)CC1CCCO1)C1CC1. The van der Waals surface area contributed by atoms with Crippen LogP contribution in [0.2, 0.25) is 0 Å². The third-order valence-corrected chi connectivity index (χ3v) is 3.34. The van der Waals surface area contributed by atoms with E-state index in [1.165, 1.54) is 0 Å². The first-order chi connectivity index (χ1) is 8.70. The van der Waals surface area contributed by atoms with Crippen LogP contribution >= 0.6 is 0 Å². The van der Waals surface area contributed by atoms with Crippen LogP contribution in [-0.4, -0.2) is 48.7 Å². The van der Waals surface area contributed by atoms with Crippen molar-refractivity contribution < 1.29 is 19.1 Å². The second kappa shape index (κ2) is 6.18. The fraction of sp³-hybridized carbons (Fsp3) is 0.846. The van der Waals surface area contributed by atoms with E-state index in [-0.39, 0.29) is 30.6 Å². The summed E-state index contributed by atoms with van der Waals surface area (Å²) in [4.78, 5) is 25.3. The molecule has 1 aliphatic carbocycles. The van der Waals surface area contributed by atoms with Crippen molar-refractivity contribution in [3.05, 3.63) is 0 Å². The van der Waals surface area contributed by atoms with E-state index >= 15 is 0 Å². The summed E-state index contributed by atoms with van der Waals surface area (Å²) < 4.78 is 10.4. The number of carbonyl (C=O) groups is 2. The molecule has 0 radical (unpaired) electrons. The minimum atomic E-state index is -0.315. The minimum absolute atomic E-state index is 0.0254. The fourth-order valence-corrected chi connectivity index (χ4v) is 2.27. The molecule has 2 rings (SSSR count). The zero-order chi connectivity index (χ0) is 13.0. The monoisotopic (exact) mass is 255 g/mol. The molecule has 1 amide bonds. The lowest BCUT2D eigenvalue weighted by Gasteiger charge is -2.22. The van der Waals surface area contributed by atoms with Crippen LogP contribution in [0.25, 0.3) is 0 Å². The van der Waals surface area contributed by atoms with E-state index in [0.29, 0.717) is 13.0 Å². The zero-order valence-corrected chi connectivity index (χ0v) is 10.9. The standard InChI is InChI=1S/C13H21NO4/c1-2-17-13(16)9-14(10-5-6-10)12(15)8-11-4-3-7-18-11/h10-11H,2-9H2,1H3. The Morgan fingerprint density at radius 3 is 2.67 bits per heavy atom. The van der Waals surface area contributed by atoms with Crippen LogP contribution in [0.3, 0.4) is 0 Å². The normalized spacial score (nSPS) is 22.8. The molecule has 0 spiro atoms. The molecule has 1 saturated heterocycles. The second-order valence-electron chi connectivity index (χ2n) is 4.90. The van der Waals surface area contributed by atoms with Crippen LogP contribution in [-0.2, 0) is 19.1 Å². The van der Waals surface area contributed by atoms with Gasteiger partial charge in [0.1, 0.15) is 6.54 Å². The minimum Gasteiger partial charge on any atom is -0.465 e. The summed E-state index contributed by atoms with van der Waals surface area (Å²) in [6.07, 6.45) is 4.41. The number of hydrogen-bond acceptors (Lipinski definition) is 4. The van der Waals surface area contributed by atoms with Gasteiger partial charge in [0.05, 0.1) is 19.1 Å². The van der Waals surface area contributed by atoms with E-state index in [9.17, 15) is 9.59 Å². The van der Waals surface area contributed by atoms with Crippen LogP contribution in [0.1, 0.15) is 39.0 Å². The average Bonchev–Trinajstić information content (AvgIpc) is 3.05. The third kappa shape index (κ3) is 3.70. The molecular weight excluding hydrogens is 234 g/mol. The summed E-state index contributed by atoms with van der Waals surface area (Å²) >= 11 is 0. The molecule has 0 N–H and O–H groups in total. The van der Waals surface area contributed by atoms with Gasteiger partial charge in [-0.05, 0) is 32.6 Å². The lowest BCUT2D eigenvalue weighted by molar-refractivity contribution is -0.150. The van der Waals surface area contributed by atoms with Gasteiger partial charge in [0.25, 0.3) is 0 Å². The number of ether oxygens (including phenoxy) is 2. The van der Waals surface area contributed by atoms with E-state index < -0.39 is 0 Å². The third-order valence-electron chi connectivity index (χ3n) is 3.34. The number of carbonyl (C=O) groups excluding carboxylic acids is 2. The first kappa shape index (κ1) is 13.3. The molecular formula is C13H21NO4. The highest BCUT2D eigenvalue weighted by Gasteiger charge is 2.35. The van der Waals surface area contributed by atoms with Crippen LogP contribution in [0.5, 0.6) is 0 Å². The predicted octanol–water partition coefficient (Wildman–Crippen LogP) is 1.11. The highest BCUT2D eigenvalue weighted by atomic mass is 16.5. The molecule has 0 aromatic rings. The van der Waals surface area contributed by atoms with Gasteiger partial charge < -0.3 is 14.4 Å². The molecule has 18 heavy (non-hydrogen) atoms. The van der Waals surface area contributed by atoms with Crippen molar-refractivity contribution >= 4 is 11.9 Å². The summed E-state index contributed by atoms with van der Waals surface area (Å²) in [5, 5.41) is 0. The van der Waals surface area contributed by atoms with E-state index in [1.807, 2.05) is 0 Å². The topological polar surface area (TPSA) is 55.8 Å². The summed E-state index contributed by atoms with van der Waals surface area (Å²) in [7, 11) is 0. The van der Waals surface area contributed by atoms with Crippen molar-refractivity contribution in [2.45, 2.75) is 51.2 Å². The largest absolute Gasteiger partial charge is 0.465 e. The number of hydrogen-bond donors (Lipinski definition) is 0. The Morgan fingerprint density at radius 1 is 1.33 bits per heavy atom. The number of amides is 1. The van der Waals surface area contributed by atoms with E-state index in [4.69, 9.17) is 9.47 Å². The molecule has 2 fully saturated rings. The maximum atomic E-state index is 12.2. The lowest BCUT2D eigenvalue weighted by Crippen LogP contribution is -2.39. The number of rotatable bonds is 6. The molecule has 5 nitrogen and oxygen atoms in total. The Kier molecular flexibility index (Phi) is 4.58. The van der Waals surface area contributed by atoms with Gasteiger partial charge in [-0.1, -0.05) is 0 Å². The molecule has 0 bridgehead atoms. The number of nitrogens with zero attached hydrogens (tertiary/aromatic N) is 1. The fourth-order valence-electron chi connectivity index (χ4n) is 2.27. The predicted molar refractivity (Wildman–Crippen MR) is 65.0 cm³/mol. The Morgan fingerprint density at radius 2 is 2.11 bits per heavy atom. The van der Waals surface area contributed by atoms with Gasteiger partial charge in [0.15, 0.2) is 0 Å². The Bertz CT molecular complexity index is 308. The molecule has 102 valence electrons. The summed E-state index contributed by atoms with van der Waals surface area (Å²) in [6.45, 7) is 2.97. The highest BCUT2D eigenvalue weighted by Crippen LogP contribution is 2.28. The summed E-state index contributed by atoms with van der Waals surface area (Å²) in [5.41, 5.74) is 0. The van der Waals surface area contributed by atoms with Crippen molar-refractivity contribution in [1.29, 1.82) is 0 Å². The summed E-state index contributed by atoms with van der Waals surface area (Å²) in [6, 6.07) is 0.239. The molecule has 1 aliphatic heterocycles. The van der Waals surface area contributed by atoms with Gasteiger partial charge in [-0.2, -0.15) is 0 Å². The van der Waals surface area contributed by atoms with Crippen LogP contribution in [0.15, 0.2) is 0 Å². The van der Waals surface area contributed by atoms with Gasteiger partial charge in [-0.15, -0.1) is 0 Å². The maximum absolute atomic E-state index is 12.2. The number of esters is 1. The van der Waals surface area contributed by atoms with E-state index in [1.54, 1.807) is 11.8 Å². The van der Waals surface area contributed by atoms with Gasteiger partial charge in [0.2, 0.25) is 5.91 Å².